The van der Waals surface area contributed by atoms with Crippen molar-refractivity contribution in [3.8, 4) is 23.3 Å². The van der Waals surface area contributed by atoms with Crippen molar-refractivity contribution in [2.75, 3.05) is 19.7 Å². The van der Waals surface area contributed by atoms with Crippen molar-refractivity contribution in [3.63, 3.8) is 0 Å². The zero-order valence-electron chi connectivity index (χ0n) is 17.4. The van der Waals surface area contributed by atoms with Gasteiger partial charge in [0, 0.05) is 19.6 Å². The van der Waals surface area contributed by atoms with Crippen LogP contribution in [0.2, 0.25) is 0 Å². The van der Waals surface area contributed by atoms with Crippen LogP contribution >= 0.6 is 0 Å². The van der Waals surface area contributed by atoms with Gasteiger partial charge in [0.05, 0.1) is 23.3 Å². The van der Waals surface area contributed by atoms with E-state index in [1.807, 2.05) is 6.07 Å². The molecule has 0 spiro atoms. The lowest BCUT2D eigenvalue weighted by atomic mass is 9.97. The molecule has 6 nitrogen and oxygen atoms in total. The molecule has 0 bridgehead atoms. The Hall–Kier alpha value is -3.47. The second-order valence-corrected chi connectivity index (χ2v) is 7.49. The summed E-state index contributed by atoms with van der Waals surface area (Å²) in [5.41, 5.74) is -1.23. The molecule has 1 aliphatic rings. The van der Waals surface area contributed by atoms with Crippen molar-refractivity contribution in [3.05, 3.63) is 58.9 Å². The van der Waals surface area contributed by atoms with E-state index in [2.05, 4.69) is 10.6 Å². The fourth-order valence-corrected chi connectivity index (χ4v) is 3.45. The number of ether oxygens (including phenoxy) is 1. The molecule has 1 aliphatic heterocycles. The first kappa shape index (κ1) is 24.2. The highest BCUT2D eigenvalue weighted by Gasteiger charge is 2.34. The normalized spacial score (nSPS) is 17.3. The van der Waals surface area contributed by atoms with Gasteiger partial charge in [0.15, 0.2) is 0 Å². The molecular weight excluding hydrogens is 440 g/mol. The largest absolute Gasteiger partial charge is 0.417 e. The molecule has 0 aliphatic carbocycles. The van der Waals surface area contributed by atoms with Gasteiger partial charge in [0.2, 0.25) is 0 Å². The van der Waals surface area contributed by atoms with Gasteiger partial charge >= 0.3 is 6.18 Å². The van der Waals surface area contributed by atoms with Crippen LogP contribution in [0, 0.1) is 28.5 Å². The Morgan fingerprint density at radius 2 is 1.94 bits per heavy atom. The fraction of sp³-hybridized carbons (Fsp3) is 0.348. The Labute approximate surface area is 187 Å². The van der Waals surface area contributed by atoms with Crippen molar-refractivity contribution in [2.45, 2.75) is 31.2 Å². The van der Waals surface area contributed by atoms with Gasteiger partial charge in [-0.1, -0.05) is 18.2 Å². The van der Waals surface area contributed by atoms with Gasteiger partial charge in [-0.05, 0) is 47.9 Å². The molecular formula is C23H20F4N4O2. The maximum Gasteiger partial charge on any atom is 0.417 e. The van der Waals surface area contributed by atoms with Gasteiger partial charge in [0.1, 0.15) is 18.0 Å². The van der Waals surface area contributed by atoms with E-state index in [0.29, 0.717) is 19.7 Å². The Morgan fingerprint density at radius 1 is 1.21 bits per heavy atom. The van der Waals surface area contributed by atoms with Gasteiger partial charge < -0.3 is 15.4 Å². The van der Waals surface area contributed by atoms with Crippen molar-refractivity contribution in [1.82, 2.24) is 10.6 Å². The number of rotatable bonds is 5. The van der Waals surface area contributed by atoms with Gasteiger partial charge in [-0.3, -0.25) is 4.79 Å². The number of carbonyl (C=O) groups excluding carboxylic acids is 1. The molecule has 33 heavy (non-hydrogen) atoms. The molecule has 1 saturated heterocycles. The number of nitrogens with zero attached hydrogens (tertiary/aromatic N) is 2. The predicted octanol–water partition coefficient (Wildman–Crippen LogP) is 3.31. The molecule has 0 radical (unpaired) electrons. The lowest BCUT2D eigenvalue weighted by Crippen LogP contribution is -2.46. The smallest absolute Gasteiger partial charge is 0.367 e. The summed E-state index contributed by atoms with van der Waals surface area (Å²) in [5, 5.41) is 23.9. The van der Waals surface area contributed by atoms with E-state index in [1.165, 1.54) is 24.3 Å². The Balaban J connectivity index is 1.76. The predicted molar refractivity (Wildman–Crippen MR) is 110 cm³/mol. The Morgan fingerprint density at radius 3 is 2.61 bits per heavy atom. The minimum absolute atomic E-state index is 0.0925. The highest BCUT2D eigenvalue weighted by atomic mass is 19.4. The summed E-state index contributed by atoms with van der Waals surface area (Å²) in [6.45, 7) is 1.42. The number of halogens is 4. The quantitative estimate of drug-likeness (QED) is 0.668. The highest BCUT2D eigenvalue weighted by Crippen LogP contribution is 2.35. The molecule has 10 heteroatoms. The van der Waals surface area contributed by atoms with Gasteiger partial charge in [0.25, 0.3) is 5.91 Å². The number of carbonyl (C=O) groups is 1. The number of nitrogens with one attached hydrogen (secondary N) is 2. The molecule has 172 valence electrons. The summed E-state index contributed by atoms with van der Waals surface area (Å²) in [6.07, 6.45) is -4.86. The van der Waals surface area contributed by atoms with E-state index in [0.717, 1.165) is 24.6 Å². The van der Waals surface area contributed by atoms with Crippen LogP contribution in [0.25, 0.3) is 11.1 Å². The average molecular weight is 460 g/mol. The van der Waals surface area contributed by atoms with Crippen molar-refractivity contribution in [2.24, 2.45) is 0 Å². The molecule has 1 heterocycles. The molecule has 2 aromatic rings. The topological polar surface area (TPSA) is 97.9 Å². The van der Waals surface area contributed by atoms with E-state index in [-0.39, 0.29) is 23.1 Å². The molecule has 1 amide bonds. The van der Waals surface area contributed by atoms with Gasteiger partial charge in [-0.2, -0.15) is 23.7 Å². The van der Waals surface area contributed by atoms with Crippen molar-refractivity contribution in [1.29, 1.82) is 10.5 Å². The number of hydrogen-bond acceptors (Lipinski definition) is 5. The van der Waals surface area contributed by atoms with E-state index < -0.39 is 41.2 Å². The van der Waals surface area contributed by atoms with Crippen LogP contribution in [0.1, 0.15) is 23.1 Å². The summed E-state index contributed by atoms with van der Waals surface area (Å²) in [5.74, 6) is -1.21. The summed E-state index contributed by atoms with van der Waals surface area (Å²) in [7, 11) is 0. The third-order valence-corrected chi connectivity index (χ3v) is 5.17. The summed E-state index contributed by atoms with van der Waals surface area (Å²) in [6, 6.07) is 9.38. The lowest BCUT2D eigenvalue weighted by Gasteiger charge is -2.18. The third-order valence-electron chi connectivity index (χ3n) is 5.17. The first-order valence-electron chi connectivity index (χ1n) is 10.2. The van der Waals surface area contributed by atoms with Gasteiger partial charge in [-0.15, -0.1) is 0 Å². The van der Waals surface area contributed by atoms with Crippen LogP contribution in [0.15, 0.2) is 36.4 Å². The van der Waals surface area contributed by atoms with Crippen LogP contribution in [0.3, 0.4) is 0 Å². The fourth-order valence-electron chi connectivity index (χ4n) is 3.45. The van der Waals surface area contributed by atoms with Crippen molar-refractivity contribution < 1.29 is 27.1 Å². The monoisotopic (exact) mass is 460 g/mol. The Kier molecular flexibility index (Phi) is 7.64. The highest BCUT2D eigenvalue weighted by molar-refractivity contribution is 5.81. The molecule has 0 unspecified atom stereocenters. The molecule has 2 N–H and O–H groups in total. The molecule has 3 rings (SSSR count). The number of amides is 1. The lowest BCUT2D eigenvalue weighted by molar-refractivity contribution is -0.137. The first-order valence-corrected chi connectivity index (χ1v) is 10.2. The minimum atomic E-state index is -4.73. The van der Waals surface area contributed by atoms with Crippen LogP contribution in [-0.2, 0) is 22.1 Å². The van der Waals surface area contributed by atoms with E-state index in [9.17, 15) is 27.6 Å². The van der Waals surface area contributed by atoms with E-state index >= 15 is 0 Å². The van der Waals surface area contributed by atoms with E-state index in [4.69, 9.17) is 10.00 Å². The third kappa shape index (κ3) is 6.07. The zero-order valence-corrected chi connectivity index (χ0v) is 17.4. The number of benzene rings is 2. The Bertz CT molecular complexity index is 1100. The summed E-state index contributed by atoms with van der Waals surface area (Å²) < 4.78 is 59.8. The standard InChI is InChI=1S/C23H20F4N4O2/c24-20-10-15(14-3-5-17(11-28)19(9-14)23(25,26)27)2-4-16(20)8-18(12-29)31-22(32)21-13-30-6-1-7-33-21/h2-5,9-10,18,21,30H,1,6-8,13H2,(H,31,32)/t18-,21-/m0/s1. The number of nitriles is 2. The minimum Gasteiger partial charge on any atom is -0.367 e. The van der Waals surface area contributed by atoms with Crippen molar-refractivity contribution >= 4 is 5.91 Å². The second kappa shape index (κ2) is 10.4. The zero-order chi connectivity index (χ0) is 24.0. The number of hydrogen-bond donors (Lipinski definition) is 2. The molecule has 0 saturated carbocycles. The molecule has 2 atom stereocenters. The average Bonchev–Trinajstić information content (AvgIpc) is 3.08. The second-order valence-electron chi connectivity index (χ2n) is 7.49. The van der Waals surface area contributed by atoms with Gasteiger partial charge in [-0.25, -0.2) is 4.39 Å². The van der Waals surface area contributed by atoms with Crippen LogP contribution in [0.4, 0.5) is 17.6 Å². The maximum atomic E-state index is 14.7. The summed E-state index contributed by atoms with van der Waals surface area (Å²) >= 11 is 0. The first-order chi connectivity index (χ1) is 15.7. The van der Waals surface area contributed by atoms with Crippen LogP contribution in [0.5, 0.6) is 0 Å². The molecule has 1 fully saturated rings. The molecule has 0 aromatic heterocycles. The summed E-state index contributed by atoms with van der Waals surface area (Å²) in [4.78, 5) is 12.4. The number of alkyl halides is 3. The SMILES string of the molecule is N#Cc1ccc(-c2ccc(C[C@@H](C#N)NC(=O)[C@@H]3CNCCCO3)c(F)c2)cc1C(F)(F)F. The maximum absolute atomic E-state index is 14.7. The van der Waals surface area contributed by atoms with E-state index in [1.54, 1.807) is 0 Å². The molecule has 2 aromatic carbocycles. The van der Waals surface area contributed by atoms with Crippen LogP contribution in [-0.4, -0.2) is 37.7 Å². The van der Waals surface area contributed by atoms with Crippen LogP contribution < -0.4 is 10.6 Å².